The minimum atomic E-state index is -3.74. The second kappa shape index (κ2) is 7.86. The average Bonchev–Trinajstić information content (AvgIpc) is 2.45. The van der Waals surface area contributed by atoms with Crippen LogP contribution in [0.4, 0.5) is 4.39 Å². The minimum absolute atomic E-state index is 0.238. The summed E-state index contributed by atoms with van der Waals surface area (Å²) in [5, 5.41) is 9.23. The molecule has 0 aromatic heterocycles. The topological polar surface area (TPSA) is 83.5 Å². The molecule has 0 fully saturated rings. The zero-order valence-corrected chi connectivity index (χ0v) is 17.7. The van der Waals surface area contributed by atoms with Crippen molar-refractivity contribution in [1.29, 1.82) is 0 Å². The minimum Gasteiger partial charge on any atom is -0.480 e. The first-order valence-electron chi connectivity index (χ1n) is 8.28. The molecule has 1 aromatic rings. The maximum atomic E-state index is 14.4. The Hall–Kier alpha value is -1.12. The lowest BCUT2D eigenvalue weighted by Gasteiger charge is -2.35. The van der Waals surface area contributed by atoms with Crippen molar-refractivity contribution in [3.8, 4) is 0 Å². The van der Waals surface area contributed by atoms with Gasteiger partial charge in [0.15, 0.2) is 0 Å². The lowest BCUT2D eigenvalue weighted by atomic mass is 9.90. The van der Waals surface area contributed by atoms with Crippen LogP contribution in [0.1, 0.15) is 53.5 Å². The molecule has 5 nitrogen and oxygen atoms in total. The van der Waals surface area contributed by atoms with Gasteiger partial charge in [-0.1, -0.05) is 18.2 Å². The lowest BCUT2D eigenvalue weighted by Crippen LogP contribution is -2.50. The molecule has 0 saturated heterocycles. The number of sulfonamides is 1. The van der Waals surface area contributed by atoms with Gasteiger partial charge in [-0.2, -0.15) is 0 Å². The predicted molar refractivity (Wildman–Crippen MR) is 104 cm³/mol. The monoisotopic (exact) mass is 405 g/mol. The molecule has 0 unspecified atom stereocenters. The third-order valence-electron chi connectivity index (χ3n) is 4.21. The molecule has 1 aromatic carbocycles. The average molecular weight is 406 g/mol. The predicted octanol–water partition coefficient (Wildman–Crippen LogP) is 3.75. The standard InChI is InChI=1S/C18H28FNO4S2/c1-16(2,3)26(23,24)20-18(6,13-9-7-8-10-14(13)19)11-12-25-17(4,5)15(21)22/h7-10,20H,11-12H2,1-6H3,(H,21,22)/t18-/m0/s1. The van der Waals surface area contributed by atoms with Gasteiger partial charge in [-0.15, -0.1) is 11.8 Å². The molecule has 0 heterocycles. The second-order valence-electron chi connectivity index (χ2n) is 7.94. The van der Waals surface area contributed by atoms with E-state index in [1.165, 1.54) is 17.8 Å². The highest BCUT2D eigenvalue weighted by Gasteiger charge is 2.39. The number of rotatable bonds is 8. The number of nitrogens with one attached hydrogen (secondary N) is 1. The zero-order valence-electron chi connectivity index (χ0n) is 16.1. The number of hydrogen-bond acceptors (Lipinski definition) is 4. The van der Waals surface area contributed by atoms with Crippen molar-refractivity contribution in [3.63, 3.8) is 0 Å². The van der Waals surface area contributed by atoms with E-state index < -0.39 is 36.8 Å². The van der Waals surface area contributed by atoms with Crippen LogP contribution in [-0.4, -0.2) is 34.7 Å². The summed E-state index contributed by atoms with van der Waals surface area (Å²) >= 11 is 1.19. The SMILES string of the molecule is CC(C)(SCC[C@](C)(NS(=O)(=O)C(C)(C)C)c1ccccc1F)C(=O)O. The third kappa shape index (κ3) is 5.44. The number of carbonyl (C=O) groups is 1. The fraction of sp³-hybridized carbons (Fsp3) is 0.611. The highest BCUT2D eigenvalue weighted by Crippen LogP contribution is 2.34. The number of benzene rings is 1. The van der Waals surface area contributed by atoms with Gasteiger partial charge in [-0.3, -0.25) is 4.79 Å². The molecular formula is C18H28FNO4S2. The highest BCUT2D eigenvalue weighted by molar-refractivity contribution is 8.01. The Kier molecular flexibility index (Phi) is 6.93. The second-order valence-corrected chi connectivity index (χ2v) is 12.1. The molecule has 0 aliphatic heterocycles. The summed E-state index contributed by atoms with van der Waals surface area (Å²) in [4.78, 5) is 11.3. The zero-order chi connectivity index (χ0) is 20.4. The van der Waals surface area contributed by atoms with Gasteiger partial charge >= 0.3 is 5.97 Å². The molecule has 26 heavy (non-hydrogen) atoms. The van der Waals surface area contributed by atoms with E-state index >= 15 is 0 Å². The van der Waals surface area contributed by atoms with Crippen molar-refractivity contribution < 1.29 is 22.7 Å². The molecule has 0 aliphatic carbocycles. The van der Waals surface area contributed by atoms with Crippen molar-refractivity contribution >= 4 is 27.8 Å². The van der Waals surface area contributed by atoms with Crippen LogP contribution in [0.15, 0.2) is 24.3 Å². The summed E-state index contributed by atoms with van der Waals surface area (Å²) in [5.41, 5.74) is -0.958. The van der Waals surface area contributed by atoms with Crippen molar-refractivity contribution in [3.05, 3.63) is 35.6 Å². The number of aliphatic carboxylic acids is 1. The van der Waals surface area contributed by atoms with Crippen LogP contribution >= 0.6 is 11.8 Å². The summed E-state index contributed by atoms with van der Waals surface area (Å²) in [6, 6.07) is 6.02. The van der Waals surface area contributed by atoms with E-state index in [-0.39, 0.29) is 12.0 Å². The summed E-state index contributed by atoms with van der Waals surface area (Å²) in [7, 11) is -3.74. The molecule has 8 heteroatoms. The van der Waals surface area contributed by atoms with E-state index in [0.29, 0.717) is 5.75 Å². The van der Waals surface area contributed by atoms with Gasteiger partial charge in [-0.05, 0) is 59.8 Å². The largest absolute Gasteiger partial charge is 0.480 e. The van der Waals surface area contributed by atoms with Gasteiger partial charge in [0.2, 0.25) is 10.0 Å². The van der Waals surface area contributed by atoms with Gasteiger partial charge in [0.1, 0.15) is 10.6 Å². The van der Waals surface area contributed by atoms with Crippen LogP contribution in [0.2, 0.25) is 0 Å². The molecule has 0 aliphatic rings. The molecule has 0 spiro atoms. The molecule has 1 atom stereocenters. The van der Waals surface area contributed by atoms with Crippen LogP contribution in [0.5, 0.6) is 0 Å². The van der Waals surface area contributed by atoms with Crippen molar-refractivity contribution in [2.45, 2.75) is 63.0 Å². The molecule has 0 radical (unpaired) electrons. The fourth-order valence-electron chi connectivity index (χ4n) is 2.17. The van der Waals surface area contributed by atoms with E-state index in [1.54, 1.807) is 59.7 Å². The molecule has 0 bridgehead atoms. The van der Waals surface area contributed by atoms with Crippen LogP contribution in [-0.2, 0) is 20.4 Å². The molecule has 1 rings (SSSR count). The first-order chi connectivity index (χ1) is 11.6. The first kappa shape index (κ1) is 22.9. The van der Waals surface area contributed by atoms with E-state index in [9.17, 15) is 22.7 Å². The smallest absolute Gasteiger partial charge is 0.319 e. The molecule has 0 saturated carbocycles. The normalized spacial score (nSPS) is 15.5. The third-order valence-corrected chi connectivity index (χ3v) is 7.85. The fourth-order valence-corrected chi connectivity index (χ4v) is 4.43. The van der Waals surface area contributed by atoms with Crippen LogP contribution in [0.3, 0.4) is 0 Å². The van der Waals surface area contributed by atoms with Crippen LogP contribution in [0.25, 0.3) is 0 Å². The van der Waals surface area contributed by atoms with E-state index in [1.807, 2.05) is 0 Å². The Balaban J connectivity index is 3.19. The van der Waals surface area contributed by atoms with Gasteiger partial charge in [0.25, 0.3) is 0 Å². The number of carboxylic acid groups (broad SMARTS) is 1. The summed E-state index contributed by atoms with van der Waals surface area (Å²) in [6.07, 6.45) is 0.241. The molecule has 2 N–H and O–H groups in total. The summed E-state index contributed by atoms with van der Waals surface area (Å²) in [5.74, 6) is -1.11. The summed E-state index contributed by atoms with van der Waals surface area (Å²) in [6.45, 7) is 9.50. The van der Waals surface area contributed by atoms with Gasteiger partial charge < -0.3 is 5.11 Å². The quantitative estimate of drug-likeness (QED) is 0.688. The Labute approximate surface area is 159 Å². The molecular weight excluding hydrogens is 377 g/mol. The van der Waals surface area contributed by atoms with Crippen molar-refractivity contribution in [2.24, 2.45) is 0 Å². The summed E-state index contributed by atoms with van der Waals surface area (Å²) < 4.78 is 40.4. The Morgan fingerprint density at radius 1 is 1.15 bits per heavy atom. The Morgan fingerprint density at radius 3 is 2.15 bits per heavy atom. The van der Waals surface area contributed by atoms with E-state index in [0.717, 1.165) is 0 Å². The number of thioether (sulfide) groups is 1. The number of hydrogen-bond donors (Lipinski definition) is 2. The van der Waals surface area contributed by atoms with Gasteiger partial charge in [0, 0.05) is 5.56 Å². The lowest BCUT2D eigenvalue weighted by molar-refractivity contribution is -0.138. The van der Waals surface area contributed by atoms with E-state index in [4.69, 9.17) is 0 Å². The van der Waals surface area contributed by atoms with Crippen molar-refractivity contribution in [1.82, 2.24) is 4.72 Å². The van der Waals surface area contributed by atoms with Crippen molar-refractivity contribution in [2.75, 3.05) is 5.75 Å². The van der Waals surface area contributed by atoms with E-state index in [2.05, 4.69) is 4.72 Å². The highest BCUT2D eigenvalue weighted by atomic mass is 32.2. The number of carboxylic acids is 1. The maximum absolute atomic E-state index is 14.4. The maximum Gasteiger partial charge on any atom is 0.319 e. The number of halogens is 1. The first-order valence-corrected chi connectivity index (χ1v) is 10.8. The Bertz CT molecular complexity index is 757. The molecule has 0 amide bonds. The van der Waals surface area contributed by atoms with Gasteiger partial charge in [-0.25, -0.2) is 17.5 Å². The van der Waals surface area contributed by atoms with Crippen LogP contribution < -0.4 is 4.72 Å². The van der Waals surface area contributed by atoms with Gasteiger partial charge in [0.05, 0.1) is 10.3 Å². The Morgan fingerprint density at radius 2 is 1.69 bits per heavy atom. The molecule has 148 valence electrons. The van der Waals surface area contributed by atoms with Crippen LogP contribution in [0, 0.1) is 5.82 Å².